The summed E-state index contributed by atoms with van der Waals surface area (Å²) in [5.41, 5.74) is 4.96. The Bertz CT molecular complexity index is 471. The molecular formula is C17H24O2. The van der Waals surface area contributed by atoms with Gasteiger partial charge in [0.05, 0.1) is 5.41 Å². The summed E-state index contributed by atoms with van der Waals surface area (Å²) in [6.07, 6.45) is 3.56. The molecule has 0 atom stereocenters. The van der Waals surface area contributed by atoms with Crippen molar-refractivity contribution in [1.29, 1.82) is 0 Å². The fourth-order valence-electron chi connectivity index (χ4n) is 3.11. The number of rotatable bonds is 2. The first-order valence-electron chi connectivity index (χ1n) is 7.14. The first kappa shape index (κ1) is 14.1. The highest BCUT2D eigenvalue weighted by molar-refractivity contribution is 5.74. The third-order valence-corrected chi connectivity index (χ3v) is 5.03. The van der Waals surface area contributed by atoms with E-state index in [1.807, 2.05) is 6.92 Å². The molecule has 2 rings (SSSR count). The van der Waals surface area contributed by atoms with Crippen molar-refractivity contribution in [1.82, 2.24) is 0 Å². The molecule has 1 N–H and O–H groups in total. The van der Waals surface area contributed by atoms with Crippen LogP contribution in [0.3, 0.4) is 0 Å². The number of carboxylic acid groups (broad SMARTS) is 1. The molecule has 0 bridgehead atoms. The van der Waals surface area contributed by atoms with Gasteiger partial charge < -0.3 is 5.11 Å². The van der Waals surface area contributed by atoms with E-state index in [1.165, 1.54) is 22.3 Å². The number of carbonyl (C=O) groups is 1. The van der Waals surface area contributed by atoms with Gasteiger partial charge in [0.2, 0.25) is 0 Å². The lowest BCUT2D eigenvalue weighted by Gasteiger charge is -2.34. The van der Waals surface area contributed by atoms with Gasteiger partial charge in [0, 0.05) is 0 Å². The maximum atomic E-state index is 11.3. The van der Waals surface area contributed by atoms with E-state index in [2.05, 4.69) is 32.9 Å². The van der Waals surface area contributed by atoms with E-state index in [4.69, 9.17) is 0 Å². The standard InChI is InChI=1S/C17H24O2/c1-11-9-15(10-12(2)13(11)3)14-5-7-17(4,8-6-14)16(18)19/h9-10,14H,5-8H2,1-4H3,(H,18,19). The second-order valence-electron chi connectivity index (χ2n) is 6.42. The number of aliphatic carboxylic acids is 1. The molecule has 104 valence electrons. The second kappa shape index (κ2) is 4.99. The fraction of sp³-hybridized carbons (Fsp3) is 0.588. The van der Waals surface area contributed by atoms with Crippen LogP contribution in [0.4, 0.5) is 0 Å². The van der Waals surface area contributed by atoms with Crippen LogP contribution in [0.15, 0.2) is 12.1 Å². The van der Waals surface area contributed by atoms with E-state index >= 15 is 0 Å². The summed E-state index contributed by atoms with van der Waals surface area (Å²) in [5.74, 6) is -0.104. The number of hydrogen-bond donors (Lipinski definition) is 1. The van der Waals surface area contributed by atoms with Crippen LogP contribution in [0.2, 0.25) is 0 Å². The van der Waals surface area contributed by atoms with Crippen LogP contribution in [-0.2, 0) is 4.79 Å². The van der Waals surface area contributed by atoms with Crippen molar-refractivity contribution in [3.05, 3.63) is 34.4 Å². The fourth-order valence-corrected chi connectivity index (χ4v) is 3.11. The second-order valence-corrected chi connectivity index (χ2v) is 6.42. The topological polar surface area (TPSA) is 37.3 Å². The van der Waals surface area contributed by atoms with Crippen LogP contribution in [0.25, 0.3) is 0 Å². The Balaban J connectivity index is 2.16. The Kier molecular flexibility index (Phi) is 3.71. The molecule has 0 spiro atoms. The molecular weight excluding hydrogens is 236 g/mol. The number of benzene rings is 1. The van der Waals surface area contributed by atoms with Gasteiger partial charge in [-0.15, -0.1) is 0 Å². The van der Waals surface area contributed by atoms with E-state index in [1.54, 1.807) is 0 Å². The van der Waals surface area contributed by atoms with Gasteiger partial charge in [0.15, 0.2) is 0 Å². The van der Waals surface area contributed by atoms with Crippen molar-refractivity contribution in [3.63, 3.8) is 0 Å². The predicted octanol–water partition coefficient (Wildman–Crippen LogP) is 4.36. The SMILES string of the molecule is Cc1cc(C2CCC(C)(C(=O)O)CC2)cc(C)c1C. The van der Waals surface area contributed by atoms with Crippen molar-refractivity contribution in [2.45, 2.75) is 59.3 Å². The van der Waals surface area contributed by atoms with Gasteiger partial charge in [-0.1, -0.05) is 12.1 Å². The summed E-state index contributed by atoms with van der Waals surface area (Å²) in [4.78, 5) is 11.3. The Morgan fingerprint density at radius 3 is 2.05 bits per heavy atom. The van der Waals surface area contributed by atoms with Crippen LogP contribution in [0.1, 0.15) is 60.8 Å². The van der Waals surface area contributed by atoms with Crippen LogP contribution in [0.5, 0.6) is 0 Å². The summed E-state index contributed by atoms with van der Waals surface area (Å²) in [7, 11) is 0. The van der Waals surface area contributed by atoms with Crippen molar-refractivity contribution >= 4 is 5.97 Å². The Morgan fingerprint density at radius 2 is 1.63 bits per heavy atom. The molecule has 0 aromatic heterocycles. The predicted molar refractivity (Wildman–Crippen MR) is 77.6 cm³/mol. The van der Waals surface area contributed by atoms with Gasteiger partial charge in [-0.25, -0.2) is 0 Å². The molecule has 1 aliphatic carbocycles. The van der Waals surface area contributed by atoms with E-state index in [0.29, 0.717) is 5.92 Å². The minimum atomic E-state index is -0.637. The summed E-state index contributed by atoms with van der Waals surface area (Å²) in [6, 6.07) is 4.58. The molecule has 2 heteroatoms. The molecule has 1 fully saturated rings. The summed E-state index contributed by atoms with van der Waals surface area (Å²) >= 11 is 0. The molecule has 0 heterocycles. The van der Waals surface area contributed by atoms with Crippen LogP contribution in [-0.4, -0.2) is 11.1 Å². The zero-order valence-corrected chi connectivity index (χ0v) is 12.4. The normalized spacial score (nSPS) is 27.3. The average molecular weight is 260 g/mol. The number of carboxylic acids is 1. The number of aryl methyl sites for hydroxylation is 2. The summed E-state index contributed by atoms with van der Waals surface area (Å²) in [5, 5.41) is 9.28. The van der Waals surface area contributed by atoms with E-state index in [-0.39, 0.29) is 0 Å². The monoisotopic (exact) mass is 260 g/mol. The van der Waals surface area contributed by atoms with Gasteiger partial charge in [-0.3, -0.25) is 4.79 Å². The first-order valence-corrected chi connectivity index (χ1v) is 7.14. The zero-order valence-electron chi connectivity index (χ0n) is 12.4. The van der Waals surface area contributed by atoms with E-state index in [0.717, 1.165) is 25.7 Å². The first-order chi connectivity index (χ1) is 8.83. The van der Waals surface area contributed by atoms with Crippen LogP contribution < -0.4 is 0 Å². The Labute approximate surface area is 115 Å². The molecule has 1 aromatic carbocycles. The Hall–Kier alpha value is -1.31. The molecule has 1 aromatic rings. The molecule has 0 radical (unpaired) electrons. The molecule has 0 aliphatic heterocycles. The molecule has 1 aliphatic rings. The van der Waals surface area contributed by atoms with Gasteiger partial charge >= 0.3 is 5.97 Å². The Morgan fingerprint density at radius 1 is 1.16 bits per heavy atom. The molecule has 0 unspecified atom stereocenters. The van der Waals surface area contributed by atoms with Crippen molar-refractivity contribution in [2.24, 2.45) is 5.41 Å². The van der Waals surface area contributed by atoms with Crippen molar-refractivity contribution in [2.75, 3.05) is 0 Å². The van der Waals surface area contributed by atoms with Crippen molar-refractivity contribution < 1.29 is 9.90 Å². The van der Waals surface area contributed by atoms with Crippen LogP contribution >= 0.6 is 0 Å². The number of hydrogen-bond acceptors (Lipinski definition) is 1. The van der Waals surface area contributed by atoms with E-state index in [9.17, 15) is 9.90 Å². The molecule has 0 amide bonds. The maximum absolute atomic E-state index is 11.3. The minimum absolute atomic E-state index is 0.509. The van der Waals surface area contributed by atoms with Gasteiger partial charge in [-0.05, 0) is 81.5 Å². The highest BCUT2D eigenvalue weighted by atomic mass is 16.4. The largest absolute Gasteiger partial charge is 0.481 e. The average Bonchev–Trinajstić information content (AvgIpc) is 2.36. The highest BCUT2D eigenvalue weighted by Crippen LogP contribution is 2.43. The van der Waals surface area contributed by atoms with Gasteiger partial charge in [0.1, 0.15) is 0 Å². The van der Waals surface area contributed by atoms with E-state index < -0.39 is 11.4 Å². The lowest BCUT2D eigenvalue weighted by molar-refractivity contribution is -0.149. The smallest absolute Gasteiger partial charge is 0.309 e. The molecule has 0 saturated heterocycles. The van der Waals surface area contributed by atoms with Gasteiger partial charge in [0.25, 0.3) is 0 Å². The lowest BCUT2D eigenvalue weighted by atomic mass is 9.70. The minimum Gasteiger partial charge on any atom is -0.481 e. The quantitative estimate of drug-likeness (QED) is 0.857. The van der Waals surface area contributed by atoms with Crippen LogP contribution in [0, 0.1) is 26.2 Å². The maximum Gasteiger partial charge on any atom is 0.309 e. The lowest BCUT2D eigenvalue weighted by Crippen LogP contribution is -2.31. The zero-order chi connectivity index (χ0) is 14.2. The summed E-state index contributed by atoms with van der Waals surface area (Å²) in [6.45, 7) is 8.38. The molecule has 1 saturated carbocycles. The van der Waals surface area contributed by atoms with Crippen molar-refractivity contribution in [3.8, 4) is 0 Å². The summed E-state index contributed by atoms with van der Waals surface area (Å²) < 4.78 is 0. The molecule has 2 nitrogen and oxygen atoms in total. The third kappa shape index (κ3) is 2.68. The van der Waals surface area contributed by atoms with Gasteiger partial charge in [-0.2, -0.15) is 0 Å². The molecule has 19 heavy (non-hydrogen) atoms. The highest BCUT2D eigenvalue weighted by Gasteiger charge is 2.37. The third-order valence-electron chi connectivity index (χ3n) is 5.03.